The fraction of sp³-hybridized carbons (Fsp3) is 0.333. The van der Waals surface area contributed by atoms with Crippen molar-refractivity contribution >= 4 is 60.1 Å². The molecule has 0 radical (unpaired) electrons. The van der Waals surface area contributed by atoms with Gasteiger partial charge in [0.05, 0.1) is 0 Å². The minimum Gasteiger partial charge on any atom is -0.0579 e. The van der Waals surface area contributed by atoms with E-state index in [2.05, 4.69) is 142 Å². The average molecular weight is 599 g/mol. The highest BCUT2D eigenvalue weighted by molar-refractivity contribution is 14.1. The van der Waals surface area contributed by atoms with Crippen molar-refractivity contribution in [3.05, 3.63) is 78.8 Å². The lowest BCUT2D eigenvalue weighted by atomic mass is 9.83. The molecule has 2 heteroatoms. The number of hydrogen-bond acceptors (Lipinski definition) is 0. The Hall–Kier alpha value is -1.39. The molecular weight excluding hydrogens is 567 g/mol. The van der Waals surface area contributed by atoms with E-state index in [1.165, 1.54) is 63.0 Å². The third-order valence-electron chi connectivity index (χ3n) is 6.52. The molecule has 0 saturated heterocycles. The molecule has 0 fully saturated rings. The molecule has 0 aliphatic rings. The molecule has 0 spiro atoms. The summed E-state index contributed by atoms with van der Waals surface area (Å²) in [6.07, 6.45) is 0. The Morgan fingerprint density at radius 3 is 1.62 bits per heavy atom. The summed E-state index contributed by atoms with van der Waals surface area (Å²) in [7, 11) is 0. The van der Waals surface area contributed by atoms with Crippen LogP contribution in [0.25, 0.3) is 32.7 Å². The summed E-state index contributed by atoms with van der Waals surface area (Å²) in [6.45, 7) is 18.2. The summed E-state index contributed by atoms with van der Waals surface area (Å²) >= 11 is 6.61. The molecule has 4 rings (SSSR count). The molecule has 32 heavy (non-hydrogen) atoms. The lowest BCUT2D eigenvalue weighted by Crippen LogP contribution is -2.11. The summed E-state index contributed by atoms with van der Waals surface area (Å²) in [5, 5.41) is 5.22. The van der Waals surface area contributed by atoms with E-state index in [9.17, 15) is 0 Å². The van der Waals surface area contributed by atoms with Crippen LogP contribution in [0.2, 0.25) is 0 Å². The molecule has 166 valence electrons. The van der Waals surface area contributed by atoms with Crippen LogP contribution in [-0.2, 0) is 10.8 Å². The van der Waals surface area contributed by atoms with Gasteiger partial charge in [0.2, 0.25) is 0 Å². The van der Waals surface area contributed by atoms with Crippen molar-refractivity contribution in [1.29, 1.82) is 0 Å². The van der Waals surface area contributed by atoms with Crippen molar-refractivity contribution in [2.75, 3.05) is 0 Å². The van der Waals surface area contributed by atoms with Crippen LogP contribution in [0.15, 0.2) is 53.0 Å². The number of halogens is 2. The van der Waals surface area contributed by atoms with E-state index in [0.717, 1.165) is 0 Å². The third kappa shape index (κ3) is 4.14. The van der Waals surface area contributed by atoms with Crippen molar-refractivity contribution in [1.82, 2.24) is 0 Å². The lowest BCUT2D eigenvalue weighted by molar-refractivity contribution is 0.591. The van der Waals surface area contributed by atoms with Gasteiger partial charge in [-0.15, -0.1) is 0 Å². The van der Waals surface area contributed by atoms with Crippen molar-refractivity contribution < 1.29 is 0 Å². The Labute approximate surface area is 215 Å². The Balaban J connectivity index is 2.13. The largest absolute Gasteiger partial charge is 0.0579 e. The Bertz CT molecular complexity index is 1360. The van der Waals surface area contributed by atoms with Gasteiger partial charge in [0.15, 0.2) is 0 Å². The first-order valence-electron chi connectivity index (χ1n) is 11.3. The van der Waals surface area contributed by atoms with E-state index in [1.54, 1.807) is 0 Å². The maximum Gasteiger partial charge on any atom is 0.0335 e. The molecular formula is C30H32BrI. The third-order valence-corrected chi connectivity index (χ3v) is 8.73. The van der Waals surface area contributed by atoms with Gasteiger partial charge in [-0.05, 0) is 119 Å². The summed E-state index contributed by atoms with van der Waals surface area (Å²) in [5.41, 5.74) is 8.25. The Morgan fingerprint density at radius 1 is 0.625 bits per heavy atom. The zero-order valence-electron chi connectivity index (χ0n) is 20.4. The fourth-order valence-corrected chi connectivity index (χ4v) is 6.05. The van der Waals surface area contributed by atoms with Crippen LogP contribution in [0.1, 0.15) is 63.8 Å². The van der Waals surface area contributed by atoms with E-state index in [4.69, 9.17) is 0 Å². The SMILES string of the molecule is Cc1cc2ccc(C(C)(C)C)cc2c(-c2c(C)cc3ccc(C(C)(C)C)cc3c2Br)c1I. The molecule has 0 atom stereocenters. The van der Waals surface area contributed by atoms with Gasteiger partial charge in [0, 0.05) is 19.2 Å². The molecule has 0 aliphatic heterocycles. The number of aryl methyl sites for hydroxylation is 2. The number of hydrogen-bond donors (Lipinski definition) is 0. The lowest BCUT2D eigenvalue weighted by Gasteiger charge is -2.23. The zero-order valence-corrected chi connectivity index (χ0v) is 24.1. The standard InChI is InChI=1S/C30H32BrI/c1-17-13-20-10-12-22(30(6,7)8)16-24(20)27(31)25(17)26-23-15-21(29(3,4)5)11-9-19(23)14-18(2)28(26)32/h9-16H,1-8H3. The highest BCUT2D eigenvalue weighted by Gasteiger charge is 2.22. The molecule has 0 aliphatic carbocycles. The van der Waals surface area contributed by atoms with Crippen LogP contribution in [0.4, 0.5) is 0 Å². The van der Waals surface area contributed by atoms with Gasteiger partial charge in [0.25, 0.3) is 0 Å². The molecule has 4 aromatic rings. The van der Waals surface area contributed by atoms with Crippen LogP contribution in [-0.4, -0.2) is 0 Å². The summed E-state index contributed by atoms with van der Waals surface area (Å²) < 4.78 is 2.53. The summed E-state index contributed by atoms with van der Waals surface area (Å²) in [5.74, 6) is 0. The predicted octanol–water partition coefficient (Wildman–Crippen LogP) is 10.2. The minimum atomic E-state index is 0.110. The second kappa shape index (κ2) is 8.13. The smallest absolute Gasteiger partial charge is 0.0335 e. The van der Waals surface area contributed by atoms with E-state index in [1.807, 2.05) is 0 Å². The van der Waals surface area contributed by atoms with Crippen LogP contribution in [0, 0.1) is 17.4 Å². The highest BCUT2D eigenvalue weighted by atomic mass is 127. The van der Waals surface area contributed by atoms with Crippen LogP contribution >= 0.6 is 38.5 Å². The first kappa shape index (κ1) is 23.8. The van der Waals surface area contributed by atoms with E-state index < -0.39 is 0 Å². The molecule has 0 aromatic heterocycles. The Kier molecular flexibility index (Phi) is 6.03. The number of fused-ring (bicyclic) bond motifs is 2. The topological polar surface area (TPSA) is 0 Å². The van der Waals surface area contributed by atoms with Crippen LogP contribution < -0.4 is 0 Å². The van der Waals surface area contributed by atoms with Gasteiger partial charge in [-0.2, -0.15) is 0 Å². The first-order chi connectivity index (χ1) is 14.8. The van der Waals surface area contributed by atoms with E-state index in [0.29, 0.717) is 0 Å². The van der Waals surface area contributed by atoms with Crippen LogP contribution in [0.3, 0.4) is 0 Å². The predicted molar refractivity (Wildman–Crippen MR) is 154 cm³/mol. The van der Waals surface area contributed by atoms with E-state index in [-0.39, 0.29) is 10.8 Å². The summed E-state index contributed by atoms with van der Waals surface area (Å²) in [6, 6.07) is 18.6. The first-order valence-corrected chi connectivity index (χ1v) is 13.1. The van der Waals surface area contributed by atoms with Gasteiger partial charge in [-0.25, -0.2) is 0 Å². The van der Waals surface area contributed by atoms with E-state index >= 15 is 0 Å². The minimum absolute atomic E-state index is 0.110. The van der Waals surface area contributed by atoms with Crippen molar-refractivity contribution in [2.45, 2.75) is 66.2 Å². The average Bonchev–Trinajstić information content (AvgIpc) is 2.68. The molecule has 0 nitrogen and oxygen atoms in total. The second-order valence-corrected chi connectivity index (χ2v) is 13.0. The van der Waals surface area contributed by atoms with Gasteiger partial charge in [0.1, 0.15) is 0 Å². The molecule has 0 unspecified atom stereocenters. The molecule has 4 aromatic carbocycles. The quantitative estimate of drug-likeness (QED) is 0.191. The number of rotatable bonds is 1. The normalized spacial score (nSPS) is 12.7. The maximum atomic E-state index is 4.07. The molecule has 0 heterocycles. The summed E-state index contributed by atoms with van der Waals surface area (Å²) in [4.78, 5) is 0. The zero-order chi connectivity index (χ0) is 23.6. The molecule has 0 N–H and O–H groups in total. The molecule has 0 amide bonds. The van der Waals surface area contributed by atoms with Crippen molar-refractivity contribution in [3.63, 3.8) is 0 Å². The van der Waals surface area contributed by atoms with Gasteiger partial charge in [-0.1, -0.05) is 77.9 Å². The van der Waals surface area contributed by atoms with Crippen LogP contribution in [0.5, 0.6) is 0 Å². The van der Waals surface area contributed by atoms with Gasteiger partial charge >= 0.3 is 0 Å². The maximum absolute atomic E-state index is 4.07. The number of benzene rings is 4. The molecule has 0 saturated carbocycles. The van der Waals surface area contributed by atoms with Crippen molar-refractivity contribution in [3.8, 4) is 11.1 Å². The van der Waals surface area contributed by atoms with Crippen molar-refractivity contribution in [2.24, 2.45) is 0 Å². The monoisotopic (exact) mass is 598 g/mol. The highest BCUT2D eigenvalue weighted by Crippen LogP contribution is 2.45. The second-order valence-electron chi connectivity index (χ2n) is 11.1. The van der Waals surface area contributed by atoms with Gasteiger partial charge < -0.3 is 0 Å². The molecule has 0 bridgehead atoms. The fourth-order valence-electron chi connectivity index (χ4n) is 4.48. The van der Waals surface area contributed by atoms with Gasteiger partial charge in [-0.3, -0.25) is 0 Å². The Morgan fingerprint density at radius 2 is 1.09 bits per heavy atom.